The van der Waals surface area contributed by atoms with Crippen LogP contribution in [0.2, 0.25) is 5.02 Å². The molecule has 1 aliphatic rings. The minimum atomic E-state index is -0.447. The van der Waals surface area contributed by atoms with Crippen LogP contribution in [0.5, 0.6) is 11.5 Å². The molecule has 0 bridgehead atoms. The van der Waals surface area contributed by atoms with Crippen molar-refractivity contribution in [2.24, 2.45) is 0 Å². The predicted molar refractivity (Wildman–Crippen MR) is 131 cm³/mol. The predicted octanol–water partition coefficient (Wildman–Crippen LogP) is 6.47. The molecule has 1 aliphatic heterocycles. The summed E-state index contributed by atoms with van der Waals surface area (Å²) in [6.07, 6.45) is 1.74. The van der Waals surface area contributed by atoms with Gasteiger partial charge in [-0.15, -0.1) is 0 Å². The molecule has 32 heavy (non-hydrogen) atoms. The zero-order chi connectivity index (χ0) is 22.7. The lowest BCUT2D eigenvalue weighted by Crippen LogP contribution is -2.27. The Morgan fingerprint density at radius 1 is 1.09 bits per heavy atom. The first kappa shape index (κ1) is 22.3. The first-order valence-corrected chi connectivity index (χ1v) is 11.1. The minimum Gasteiger partial charge on any atom is -0.493 e. The first-order chi connectivity index (χ1) is 15.5. The second-order valence-electron chi connectivity index (χ2n) is 6.75. The summed E-state index contributed by atoms with van der Waals surface area (Å²) >= 11 is 12.7. The topological polar surface area (TPSA) is 38.8 Å². The maximum Gasteiger partial charge on any atom is 0.270 e. The van der Waals surface area contributed by atoms with Crippen molar-refractivity contribution >= 4 is 57.6 Å². The van der Waals surface area contributed by atoms with E-state index in [1.54, 1.807) is 30.3 Å². The van der Waals surface area contributed by atoms with Crippen LogP contribution in [0.4, 0.5) is 10.1 Å². The normalized spacial score (nSPS) is 14.8. The number of thiocarbonyl (C=S) groups is 1. The van der Waals surface area contributed by atoms with Gasteiger partial charge in [0.05, 0.1) is 22.7 Å². The van der Waals surface area contributed by atoms with E-state index in [0.29, 0.717) is 26.3 Å². The maximum absolute atomic E-state index is 14.1. The molecule has 4 rings (SSSR count). The molecule has 0 aliphatic carbocycles. The fraction of sp³-hybridized carbons (Fsp3) is 0.0833. The van der Waals surface area contributed by atoms with Crippen LogP contribution in [-0.2, 0) is 11.4 Å². The molecule has 1 saturated heterocycles. The quantitative estimate of drug-likeness (QED) is 0.295. The zero-order valence-corrected chi connectivity index (χ0v) is 19.3. The highest BCUT2D eigenvalue weighted by Gasteiger charge is 2.33. The average molecular weight is 486 g/mol. The van der Waals surface area contributed by atoms with E-state index in [2.05, 4.69) is 0 Å². The Bertz CT molecular complexity index is 1200. The largest absolute Gasteiger partial charge is 0.493 e. The van der Waals surface area contributed by atoms with Crippen LogP contribution in [0.3, 0.4) is 0 Å². The number of carbonyl (C=O) groups excluding carboxylic acids is 1. The lowest BCUT2D eigenvalue weighted by Gasteiger charge is -2.14. The van der Waals surface area contributed by atoms with Gasteiger partial charge in [-0.1, -0.05) is 65.9 Å². The highest BCUT2D eigenvalue weighted by Crippen LogP contribution is 2.37. The molecule has 0 unspecified atom stereocenters. The molecule has 0 saturated carbocycles. The second kappa shape index (κ2) is 9.73. The Hall–Kier alpha value is -2.87. The Morgan fingerprint density at radius 2 is 1.88 bits per heavy atom. The van der Waals surface area contributed by atoms with Crippen molar-refractivity contribution in [1.82, 2.24) is 0 Å². The van der Waals surface area contributed by atoms with Crippen molar-refractivity contribution in [3.8, 4) is 11.5 Å². The van der Waals surface area contributed by atoms with E-state index in [9.17, 15) is 9.18 Å². The van der Waals surface area contributed by atoms with Gasteiger partial charge in [-0.2, -0.15) is 0 Å². The highest BCUT2D eigenvalue weighted by atomic mass is 35.5. The summed E-state index contributed by atoms with van der Waals surface area (Å²) < 4.78 is 25.7. The summed E-state index contributed by atoms with van der Waals surface area (Å²) in [6.45, 7) is -0.0680. The second-order valence-corrected chi connectivity index (χ2v) is 8.83. The molecule has 3 aromatic rings. The van der Waals surface area contributed by atoms with Crippen LogP contribution in [0.15, 0.2) is 71.6 Å². The van der Waals surface area contributed by atoms with Crippen molar-refractivity contribution < 1.29 is 18.7 Å². The molecule has 3 aromatic carbocycles. The van der Waals surface area contributed by atoms with E-state index in [4.69, 9.17) is 33.3 Å². The summed E-state index contributed by atoms with van der Waals surface area (Å²) in [4.78, 5) is 15.0. The molecule has 8 heteroatoms. The van der Waals surface area contributed by atoms with E-state index in [1.165, 1.54) is 35.9 Å². The number of amides is 1. The number of carbonyl (C=O) groups is 1. The molecule has 1 heterocycles. The van der Waals surface area contributed by atoms with Crippen molar-refractivity contribution in [2.45, 2.75) is 6.61 Å². The third-order valence-electron chi connectivity index (χ3n) is 4.73. The number of ether oxygens (including phenoxy) is 2. The van der Waals surface area contributed by atoms with Gasteiger partial charge in [0, 0.05) is 5.56 Å². The fourth-order valence-electron chi connectivity index (χ4n) is 3.13. The number of hydrogen-bond donors (Lipinski definition) is 0. The molecule has 0 atom stereocenters. The number of methoxy groups -OCH3 is 1. The van der Waals surface area contributed by atoms with Gasteiger partial charge in [-0.05, 0) is 48.0 Å². The average Bonchev–Trinajstić information content (AvgIpc) is 3.07. The van der Waals surface area contributed by atoms with Crippen molar-refractivity contribution in [3.63, 3.8) is 0 Å². The molecule has 4 nitrogen and oxygen atoms in total. The lowest BCUT2D eigenvalue weighted by atomic mass is 10.1. The van der Waals surface area contributed by atoms with Gasteiger partial charge in [-0.3, -0.25) is 9.69 Å². The van der Waals surface area contributed by atoms with Gasteiger partial charge >= 0.3 is 0 Å². The smallest absolute Gasteiger partial charge is 0.270 e. The molecule has 162 valence electrons. The van der Waals surface area contributed by atoms with E-state index < -0.39 is 5.82 Å². The molecule has 0 aromatic heterocycles. The molecule has 0 N–H and O–H groups in total. The van der Waals surface area contributed by atoms with Gasteiger partial charge in [-0.25, -0.2) is 4.39 Å². The van der Waals surface area contributed by atoms with E-state index >= 15 is 0 Å². The van der Waals surface area contributed by atoms with Crippen LogP contribution >= 0.6 is 35.6 Å². The van der Waals surface area contributed by atoms with Crippen LogP contribution in [0, 0.1) is 5.82 Å². The van der Waals surface area contributed by atoms with Crippen LogP contribution in [0.25, 0.3) is 6.08 Å². The maximum atomic E-state index is 14.1. The SMILES string of the molecule is COc1ccc(/C=C2/SC(=S)N(c3ccccc3)C2=O)cc1OCc1c(F)cccc1Cl. The fourth-order valence-corrected chi connectivity index (χ4v) is 4.65. The first-order valence-electron chi connectivity index (χ1n) is 9.54. The number of benzene rings is 3. The monoisotopic (exact) mass is 485 g/mol. The number of halogens is 2. The molecule has 0 spiro atoms. The van der Waals surface area contributed by atoms with E-state index in [0.717, 1.165) is 5.69 Å². The Kier molecular flexibility index (Phi) is 6.79. The van der Waals surface area contributed by atoms with Crippen molar-refractivity contribution in [2.75, 3.05) is 12.0 Å². The molecule has 0 radical (unpaired) electrons. The summed E-state index contributed by atoms with van der Waals surface area (Å²) in [5.74, 6) is 0.241. The number of hydrogen-bond acceptors (Lipinski definition) is 5. The Morgan fingerprint density at radius 3 is 2.59 bits per heavy atom. The molecule has 1 fully saturated rings. The number of thioether (sulfide) groups is 1. The highest BCUT2D eigenvalue weighted by molar-refractivity contribution is 8.27. The lowest BCUT2D eigenvalue weighted by molar-refractivity contribution is -0.113. The number of anilines is 1. The molecule has 1 amide bonds. The Labute approximate surface area is 199 Å². The number of nitrogens with zero attached hydrogens (tertiary/aromatic N) is 1. The number of rotatable bonds is 6. The standard InChI is InChI=1S/C24H17ClFNO3S2/c1-29-20-11-10-15(12-21(20)30-14-17-18(25)8-5-9-19(17)26)13-22-23(28)27(24(31)32-22)16-6-3-2-4-7-16/h2-13H,14H2,1H3/b22-13+. The van der Waals surface area contributed by atoms with Crippen LogP contribution in [0.1, 0.15) is 11.1 Å². The van der Waals surface area contributed by atoms with E-state index in [1.807, 2.05) is 30.3 Å². The summed E-state index contributed by atoms with van der Waals surface area (Å²) in [6, 6.07) is 19.0. The zero-order valence-electron chi connectivity index (χ0n) is 16.9. The third-order valence-corrected chi connectivity index (χ3v) is 6.38. The van der Waals surface area contributed by atoms with E-state index in [-0.39, 0.29) is 23.1 Å². The van der Waals surface area contributed by atoms with Gasteiger partial charge < -0.3 is 9.47 Å². The minimum absolute atomic E-state index is 0.0680. The number of para-hydroxylation sites is 1. The van der Waals surface area contributed by atoms with Crippen LogP contribution < -0.4 is 14.4 Å². The summed E-state index contributed by atoms with van der Waals surface area (Å²) in [5, 5.41) is 0.282. The van der Waals surface area contributed by atoms with Gasteiger partial charge in [0.15, 0.2) is 15.8 Å². The molecular formula is C24H17ClFNO3S2. The van der Waals surface area contributed by atoms with Crippen molar-refractivity contribution in [1.29, 1.82) is 0 Å². The van der Waals surface area contributed by atoms with Gasteiger partial charge in [0.2, 0.25) is 0 Å². The Balaban J connectivity index is 1.59. The summed E-state index contributed by atoms with van der Waals surface area (Å²) in [5.41, 5.74) is 1.69. The van der Waals surface area contributed by atoms with Gasteiger partial charge in [0.25, 0.3) is 5.91 Å². The summed E-state index contributed by atoms with van der Waals surface area (Å²) in [7, 11) is 1.52. The van der Waals surface area contributed by atoms with Gasteiger partial charge in [0.1, 0.15) is 12.4 Å². The van der Waals surface area contributed by atoms with Crippen LogP contribution in [-0.4, -0.2) is 17.3 Å². The molecular weight excluding hydrogens is 469 g/mol. The third kappa shape index (κ3) is 4.65. The van der Waals surface area contributed by atoms with Crippen molar-refractivity contribution in [3.05, 3.63) is 93.6 Å².